The number of aryl methyl sites for hydroxylation is 1. The quantitative estimate of drug-likeness (QED) is 0.733. The van der Waals surface area contributed by atoms with E-state index in [4.69, 9.17) is 0 Å². The molecule has 0 aromatic carbocycles. The van der Waals surface area contributed by atoms with Gasteiger partial charge in [0.1, 0.15) is 15.8 Å². The number of anilines is 1. The molecular weight excluding hydrogens is 362 g/mol. The molecule has 3 aromatic rings. The average molecular weight is 381 g/mol. The van der Waals surface area contributed by atoms with Crippen LogP contribution < -0.4 is 5.32 Å². The van der Waals surface area contributed by atoms with Crippen molar-refractivity contribution < 1.29 is 4.79 Å². The van der Waals surface area contributed by atoms with Gasteiger partial charge in [0.2, 0.25) is 0 Å². The van der Waals surface area contributed by atoms with Crippen molar-refractivity contribution >= 4 is 34.1 Å². The SMILES string of the molecule is Cc1nnc(-c2cnc3cnc(NC(=O)N4C[C@H]5C[C@@H]4CN5C)cc3c2)s1. The Balaban J connectivity index is 1.38. The fourth-order valence-corrected chi connectivity index (χ4v) is 4.60. The summed E-state index contributed by atoms with van der Waals surface area (Å²) in [4.78, 5) is 25.7. The van der Waals surface area contributed by atoms with Crippen molar-refractivity contribution in [3.8, 4) is 10.6 Å². The second-order valence-corrected chi connectivity index (χ2v) is 8.36. The molecule has 27 heavy (non-hydrogen) atoms. The van der Waals surface area contributed by atoms with Gasteiger partial charge in [-0.25, -0.2) is 9.78 Å². The normalized spacial score (nSPS) is 21.9. The Labute approximate surface area is 160 Å². The highest BCUT2D eigenvalue weighted by Crippen LogP contribution is 2.30. The van der Waals surface area contributed by atoms with Gasteiger partial charge in [0, 0.05) is 42.3 Å². The summed E-state index contributed by atoms with van der Waals surface area (Å²) in [6.45, 7) is 3.65. The van der Waals surface area contributed by atoms with Crippen LogP contribution in [0.15, 0.2) is 24.5 Å². The van der Waals surface area contributed by atoms with Crippen molar-refractivity contribution in [3.63, 3.8) is 0 Å². The number of piperazine rings is 1. The first-order chi connectivity index (χ1) is 13.1. The highest BCUT2D eigenvalue weighted by molar-refractivity contribution is 7.14. The van der Waals surface area contributed by atoms with E-state index in [0.29, 0.717) is 17.9 Å². The summed E-state index contributed by atoms with van der Waals surface area (Å²) in [6, 6.07) is 4.57. The molecule has 3 aromatic heterocycles. The molecule has 2 bridgehead atoms. The van der Waals surface area contributed by atoms with Crippen LogP contribution in [-0.2, 0) is 0 Å². The van der Waals surface area contributed by atoms with Crippen molar-refractivity contribution in [1.29, 1.82) is 0 Å². The van der Waals surface area contributed by atoms with E-state index in [1.807, 2.05) is 24.0 Å². The summed E-state index contributed by atoms with van der Waals surface area (Å²) in [6.07, 6.45) is 4.52. The second kappa shape index (κ2) is 6.21. The number of aromatic nitrogens is 4. The number of nitrogens with one attached hydrogen (secondary N) is 1. The summed E-state index contributed by atoms with van der Waals surface area (Å²) in [5, 5.41) is 13.8. The van der Waals surface area contributed by atoms with Crippen molar-refractivity contribution in [3.05, 3.63) is 29.5 Å². The van der Waals surface area contributed by atoms with Crippen LogP contribution in [0.5, 0.6) is 0 Å². The van der Waals surface area contributed by atoms with Gasteiger partial charge >= 0.3 is 6.03 Å². The first-order valence-corrected chi connectivity index (χ1v) is 9.72. The molecule has 2 aliphatic heterocycles. The number of rotatable bonds is 2. The zero-order valence-electron chi connectivity index (χ0n) is 15.1. The summed E-state index contributed by atoms with van der Waals surface area (Å²) in [7, 11) is 2.12. The standard InChI is InChI=1S/C18H19N7OS/c1-10-22-23-17(27-10)12-3-11-4-16(20-7-15(11)19-6-12)21-18(26)25-9-13-5-14(25)8-24(13)2/h3-4,6-7,13-14H,5,8-9H2,1-2H3,(H,20,21,26)/t13-,14-/m1/s1. The van der Waals surface area contributed by atoms with E-state index in [0.717, 1.165) is 46.0 Å². The van der Waals surface area contributed by atoms with Crippen LogP contribution in [0.2, 0.25) is 0 Å². The minimum absolute atomic E-state index is 0.0775. The van der Waals surface area contributed by atoms with Crippen molar-refractivity contribution in [2.75, 3.05) is 25.5 Å². The minimum Gasteiger partial charge on any atom is -0.319 e. The molecule has 0 spiro atoms. The lowest BCUT2D eigenvalue weighted by atomic mass is 10.2. The van der Waals surface area contributed by atoms with Crippen LogP contribution in [-0.4, -0.2) is 68.2 Å². The Hall–Kier alpha value is -2.65. The van der Waals surface area contributed by atoms with Crippen LogP contribution in [0.4, 0.5) is 10.6 Å². The number of likely N-dealkylation sites (tertiary alicyclic amines) is 2. The first kappa shape index (κ1) is 16.5. The number of fused-ring (bicyclic) bond motifs is 3. The Morgan fingerprint density at radius 3 is 2.78 bits per heavy atom. The van der Waals surface area contributed by atoms with E-state index in [9.17, 15) is 4.79 Å². The van der Waals surface area contributed by atoms with E-state index in [2.05, 4.69) is 37.4 Å². The van der Waals surface area contributed by atoms with E-state index in [-0.39, 0.29) is 6.03 Å². The van der Waals surface area contributed by atoms with Gasteiger partial charge in [-0.1, -0.05) is 11.3 Å². The molecule has 2 amide bonds. The number of carbonyl (C=O) groups excluding carboxylic acids is 1. The van der Waals surface area contributed by atoms with Crippen LogP contribution in [0.3, 0.4) is 0 Å². The molecule has 1 N–H and O–H groups in total. The Morgan fingerprint density at radius 2 is 2.07 bits per heavy atom. The molecule has 9 heteroatoms. The third kappa shape index (κ3) is 2.92. The average Bonchev–Trinajstić information content (AvgIpc) is 3.36. The molecule has 2 saturated heterocycles. The Morgan fingerprint density at radius 1 is 1.19 bits per heavy atom. The lowest BCUT2D eigenvalue weighted by molar-refractivity contribution is 0.161. The van der Waals surface area contributed by atoms with Gasteiger partial charge in [0.15, 0.2) is 0 Å². The molecule has 5 heterocycles. The molecular formula is C18H19N7OS. The maximum atomic E-state index is 12.7. The molecule has 2 atom stereocenters. The summed E-state index contributed by atoms with van der Waals surface area (Å²) in [5.41, 5.74) is 1.69. The van der Waals surface area contributed by atoms with Crippen LogP contribution in [0.1, 0.15) is 11.4 Å². The van der Waals surface area contributed by atoms with Gasteiger partial charge in [-0.3, -0.25) is 15.2 Å². The molecule has 2 fully saturated rings. The van der Waals surface area contributed by atoms with Gasteiger partial charge in [-0.15, -0.1) is 10.2 Å². The molecule has 138 valence electrons. The van der Waals surface area contributed by atoms with Crippen LogP contribution in [0, 0.1) is 6.92 Å². The number of hydrogen-bond acceptors (Lipinski definition) is 7. The predicted molar refractivity (Wildman–Crippen MR) is 104 cm³/mol. The lowest BCUT2D eigenvalue weighted by Crippen LogP contribution is -2.48. The Kier molecular flexibility index (Phi) is 3.80. The van der Waals surface area contributed by atoms with Gasteiger partial charge < -0.3 is 4.90 Å². The molecule has 0 aliphatic carbocycles. The zero-order chi connectivity index (χ0) is 18.5. The molecule has 0 saturated carbocycles. The van der Waals surface area contributed by atoms with E-state index in [1.165, 1.54) is 11.3 Å². The number of carbonyl (C=O) groups is 1. The zero-order valence-corrected chi connectivity index (χ0v) is 15.9. The number of nitrogens with zero attached hydrogens (tertiary/aromatic N) is 6. The van der Waals surface area contributed by atoms with Gasteiger partial charge in [0.25, 0.3) is 0 Å². The number of pyridine rings is 2. The number of likely N-dealkylation sites (N-methyl/N-ethyl adjacent to an activating group) is 1. The third-order valence-corrected chi connectivity index (χ3v) is 6.24. The number of urea groups is 1. The molecule has 2 aliphatic rings. The van der Waals surface area contributed by atoms with Gasteiger partial charge in [0.05, 0.1) is 11.7 Å². The van der Waals surface area contributed by atoms with E-state index >= 15 is 0 Å². The Bertz CT molecular complexity index is 1030. The van der Waals surface area contributed by atoms with Gasteiger partial charge in [-0.2, -0.15) is 0 Å². The number of hydrogen-bond donors (Lipinski definition) is 1. The van der Waals surface area contributed by atoms with Crippen molar-refractivity contribution in [1.82, 2.24) is 30.0 Å². The summed E-state index contributed by atoms with van der Waals surface area (Å²) < 4.78 is 0. The largest absolute Gasteiger partial charge is 0.323 e. The topological polar surface area (TPSA) is 87.1 Å². The summed E-state index contributed by atoms with van der Waals surface area (Å²) in [5.74, 6) is 0.538. The van der Waals surface area contributed by atoms with Crippen molar-refractivity contribution in [2.45, 2.75) is 25.4 Å². The number of amides is 2. The van der Waals surface area contributed by atoms with Crippen molar-refractivity contribution in [2.24, 2.45) is 0 Å². The smallest absolute Gasteiger partial charge is 0.319 e. The predicted octanol–water partition coefficient (Wildman–Crippen LogP) is 2.38. The maximum Gasteiger partial charge on any atom is 0.323 e. The fraction of sp³-hybridized carbons (Fsp3) is 0.389. The van der Waals surface area contributed by atoms with Gasteiger partial charge in [-0.05, 0) is 32.5 Å². The summed E-state index contributed by atoms with van der Waals surface area (Å²) >= 11 is 1.53. The highest BCUT2D eigenvalue weighted by atomic mass is 32.1. The molecule has 5 rings (SSSR count). The van der Waals surface area contributed by atoms with E-state index in [1.54, 1.807) is 12.4 Å². The maximum absolute atomic E-state index is 12.7. The van der Waals surface area contributed by atoms with Crippen LogP contribution >= 0.6 is 11.3 Å². The highest BCUT2D eigenvalue weighted by Gasteiger charge is 2.43. The second-order valence-electron chi connectivity index (χ2n) is 7.18. The minimum atomic E-state index is -0.0775. The monoisotopic (exact) mass is 381 g/mol. The molecule has 0 radical (unpaired) electrons. The fourth-order valence-electron chi connectivity index (χ4n) is 3.93. The van der Waals surface area contributed by atoms with Crippen LogP contribution in [0.25, 0.3) is 21.5 Å². The third-order valence-electron chi connectivity index (χ3n) is 5.35. The lowest BCUT2D eigenvalue weighted by Gasteiger charge is -2.31. The van der Waals surface area contributed by atoms with E-state index < -0.39 is 0 Å². The first-order valence-electron chi connectivity index (χ1n) is 8.91. The molecule has 8 nitrogen and oxygen atoms in total. The molecule has 0 unspecified atom stereocenters.